The molecule has 1 saturated carbocycles. The van der Waals surface area contributed by atoms with Crippen molar-refractivity contribution in [1.29, 1.82) is 0 Å². The van der Waals surface area contributed by atoms with E-state index in [0.29, 0.717) is 5.92 Å². The first-order valence-electron chi connectivity index (χ1n) is 8.16. The Morgan fingerprint density at radius 2 is 2.00 bits per heavy atom. The molecule has 2 fully saturated rings. The largest absolute Gasteiger partial charge is 0.346 e. The smallest absolute Gasteiger partial charge is 0.272 e. The first-order chi connectivity index (χ1) is 10.2. The van der Waals surface area contributed by atoms with Crippen molar-refractivity contribution < 1.29 is 0 Å². The number of piperidine rings is 1. The Bertz CT molecular complexity index is 717. The Morgan fingerprint density at radius 1 is 1.24 bits per heavy atom. The van der Waals surface area contributed by atoms with E-state index in [-0.39, 0.29) is 5.56 Å². The van der Waals surface area contributed by atoms with Gasteiger partial charge in [0.15, 0.2) is 0 Å². The quantitative estimate of drug-likeness (QED) is 0.942. The number of aromatic amines is 1. The van der Waals surface area contributed by atoms with E-state index in [9.17, 15) is 4.79 Å². The van der Waals surface area contributed by atoms with Crippen LogP contribution in [-0.2, 0) is 13.6 Å². The van der Waals surface area contributed by atoms with Gasteiger partial charge in [0, 0.05) is 31.4 Å². The molecule has 0 aromatic carbocycles. The summed E-state index contributed by atoms with van der Waals surface area (Å²) in [5, 5.41) is 1.23. The van der Waals surface area contributed by atoms with Gasteiger partial charge in [0.1, 0.15) is 5.52 Å². The minimum absolute atomic E-state index is 0.0433. The molecule has 0 bridgehead atoms. The topological polar surface area (TPSA) is 41.0 Å². The predicted octanol–water partition coefficient (Wildman–Crippen LogP) is 2.73. The van der Waals surface area contributed by atoms with Gasteiger partial charge in [-0.15, -0.1) is 0 Å². The molecule has 2 aliphatic rings. The van der Waals surface area contributed by atoms with Crippen molar-refractivity contribution in [2.45, 2.75) is 44.6 Å². The number of nitrogens with one attached hydrogen (secondary N) is 1. The van der Waals surface area contributed by atoms with Crippen molar-refractivity contribution in [1.82, 2.24) is 14.5 Å². The van der Waals surface area contributed by atoms with Gasteiger partial charge < -0.3 is 9.55 Å². The first-order valence-corrected chi connectivity index (χ1v) is 8.16. The summed E-state index contributed by atoms with van der Waals surface area (Å²) in [7, 11) is 1.99. The average molecular weight is 285 g/mol. The maximum Gasteiger partial charge on any atom is 0.272 e. The van der Waals surface area contributed by atoms with Crippen molar-refractivity contribution in [2.24, 2.45) is 7.05 Å². The summed E-state index contributed by atoms with van der Waals surface area (Å²) in [5.41, 5.74) is 3.59. The second-order valence-electron chi connectivity index (χ2n) is 6.67. The van der Waals surface area contributed by atoms with Crippen LogP contribution in [0, 0.1) is 0 Å². The highest BCUT2D eigenvalue weighted by atomic mass is 16.1. The number of rotatable bonds is 3. The lowest BCUT2D eigenvalue weighted by molar-refractivity contribution is 0.221. The molecular formula is C17H23N3O. The van der Waals surface area contributed by atoms with Crippen LogP contribution in [0.25, 0.3) is 10.9 Å². The zero-order valence-corrected chi connectivity index (χ0v) is 12.7. The SMILES string of the molecule is Cn1cc(CN2CCCCC2)c2c(C3CC3)c[nH]c(=O)c21. The third-order valence-corrected chi connectivity index (χ3v) is 4.98. The normalized spacial score (nSPS) is 20.2. The first kappa shape index (κ1) is 13.1. The number of hydrogen-bond acceptors (Lipinski definition) is 2. The minimum Gasteiger partial charge on any atom is -0.346 e. The van der Waals surface area contributed by atoms with Crippen LogP contribution in [-0.4, -0.2) is 27.5 Å². The molecule has 1 N–H and O–H groups in total. The van der Waals surface area contributed by atoms with Crippen LogP contribution in [0.2, 0.25) is 0 Å². The van der Waals surface area contributed by atoms with Crippen LogP contribution < -0.4 is 5.56 Å². The molecule has 3 heterocycles. The lowest BCUT2D eigenvalue weighted by Crippen LogP contribution is -2.29. The Hall–Kier alpha value is -1.55. The Labute approximate surface area is 124 Å². The fraction of sp³-hybridized carbons (Fsp3) is 0.588. The van der Waals surface area contributed by atoms with Crippen molar-refractivity contribution in [3.05, 3.63) is 33.9 Å². The zero-order chi connectivity index (χ0) is 14.4. The Balaban J connectivity index is 1.80. The molecular weight excluding hydrogens is 262 g/mol. The Kier molecular flexibility index (Phi) is 3.14. The summed E-state index contributed by atoms with van der Waals surface area (Å²) >= 11 is 0. The molecule has 0 radical (unpaired) electrons. The van der Waals surface area contributed by atoms with Gasteiger partial charge in [-0.3, -0.25) is 9.69 Å². The average Bonchev–Trinajstić information content (AvgIpc) is 3.27. The van der Waals surface area contributed by atoms with E-state index >= 15 is 0 Å². The number of aromatic nitrogens is 2. The summed E-state index contributed by atoms with van der Waals surface area (Å²) in [6.45, 7) is 3.37. The van der Waals surface area contributed by atoms with E-state index in [2.05, 4.69) is 16.1 Å². The van der Waals surface area contributed by atoms with Crippen molar-refractivity contribution in [2.75, 3.05) is 13.1 Å². The molecule has 4 heteroatoms. The molecule has 0 spiro atoms. The molecule has 4 rings (SSSR count). The van der Waals surface area contributed by atoms with Crippen LogP contribution >= 0.6 is 0 Å². The molecule has 21 heavy (non-hydrogen) atoms. The highest BCUT2D eigenvalue weighted by Crippen LogP contribution is 2.43. The Morgan fingerprint density at radius 3 is 2.71 bits per heavy atom. The number of aryl methyl sites for hydroxylation is 1. The van der Waals surface area contributed by atoms with E-state index in [1.807, 2.05) is 17.8 Å². The molecule has 4 nitrogen and oxygen atoms in total. The summed E-state index contributed by atoms with van der Waals surface area (Å²) in [6, 6.07) is 0. The predicted molar refractivity (Wildman–Crippen MR) is 84.6 cm³/mol. The van der Waals surface area contributed by atoms with Gasteiger partial charge in [-0.1, -0.05) is 6.42 Å². The standard InChI is InChI=1S/C17H23N3O/c1-19-10-13(11-20-7-3-2-4-8-20)15-14(12-5-6-12)9-18-17(21)16(15)19/h9-10,12H,2-8,11H2,1H3,(H,18,21). The second kappa shape index (κ2) is 5.02. The van der Waals surface area contributed by atoms with E-state index < -0.39 is 0 Å². The molecule has 2 aromatic rings. The summed E-state index contributed by atoms with van der Waals surface area (Å²) in [5.74, 6) is 0.659. The molecule has 112 valence electrons. The van der Waals surface area contributed by atoms with Crippen LogP contribution in [0.15, 0.2) is 17.2 Å². The molecule has 1 aliphatic carbocycles. The molecule has 0 unspecified atom stereocenters. The fourth-order valence-corrected chi connectivity index (χ4v) is 3.77. The maximum atomic E-state index is 12.2. The number of H-pyrrole nitrogens is 1. The van der Waals surface area contributed by atoms with Gasteiger partial charge in [0.05, 0.1) is 0 Å². The van der Waals surface area contributed by atoms with Gasteiger partial charge in [0.25, 0.3) is 5.56 Å². The molecule has 1 saturated heterocycles. The highest BCUT2D eigenvalue weighted by Gasteiger charge is 2.28. The van der Waals surface area contributed by atoms with E-state index in [1.165, 1.54) is 61.7 Å². The number of likely N-dealkylation sites (tertiary alicyclic amines) is 1. The van der Waals surface area contributed by atoms with Crippen molar-refractivity contribution in [3.8, 4) is 0 Å². The summed E-state index contributed by atoms with van der Waals surface area (Å²) < 4.78 is 2.01. The van der Waals surface area contributed by atoms with Gasteiger partial charge in [-0.05, 0) is 55.8 Å². The number of pyridine rings is 1. The lowest BCUT2D eigenvalue weighted by atomic mass is 10.0. The zero-order valence-electron chi connectivity index (χ0n) is 12.7. The molecule has 2 aromatic heterocycles. The van der Waals surface area contributed by atoms with Crippen molar-refractivity contribution in [3.63, 3.8) is 0 Å². The van der Waals surface area contributed by atoms with Gasteiger partial charge >= 0.3 is 0 Å². The molecule has 1 aliphatic heterocycles. The number of fused-ring (bicyclic) bond motifs is 1. The van der Waals surface area contributed by atoms with Gasteiger partial charge in [-0.2, -0.15) is 0 Å². The molecule has 0 amide bonds. The van der Waals surface area contributed by atoms with Crippen LogP contribution in [0.1, 0.15) is 49.1 Å². The van der Waals surface area contributed by atoms with E-state index in [1.54, 1.807) is 0 Å². The monoisotopic (exact) mass is 285 g/mol. The lowest BCUT2D eigenvalue weighted by Gasteiger charge is -2.26. The summed E-state index contributed by atoms with van der Waals surface area (Å²) in [6.07, 6.45) is 10.6. The third kappa shape index (κ3) is 2.31. The van der Waals surface area contributed by atoms with Crippen molar-refractivity contribution >= 4 is 10.9 Å². The maximum absolute atomic E-state index is 12.2. The fourth-order valence-electron chi connectivity index (χ4n) is 3.77. The van der Waals surface area contributed by atoms with Gasteiger partial charge in [0.2, 0.25) is 0 Å². The van der Waals surface area contributed by atoms with Crippen LogP contribution in [0.3, 0.4) is 0 Å². The minimum atomic E-state index is 0.0433. The second-order valence-corrected chi connectivity index (χ2v) is 6.67. The van der Waals surface area contributed by atoms with Gasteiger partial charge in [-0.25, -0.2) is 0 Å². The van der Waals surface area contributed by atoms with Crippen LogP contribution in [0.4, 0.5) is 0 Å². The highest BCUT2D eigenvalue weighted by molar-refractivity contribution is 5.87. The third-order valence-electron chi connectivity index (χ3n) is 4.98. The van der Waals surface area contributed by atoms with E-state index in [4.69, 9.17) is 0 Å². The number of hydrogen-bond donors (Lipinski definition) is 1. The number of nitrogens with zero attached hydrogens (tertiary/aromatic N) is 2. The summed E-state index contributed by atoms with van der Waals surface area (Å²) in [4.78, 5) is 17.7. The molecule has 0 atom stereocenters. The van der Waals surface area contributed by atoms with E-state index in [0.717, 1.165) is 12.1 Å². The van der Waals surface area contributed by atoms with Crippen LogP contribution in [0.5, 0.6) is 0 Å².